The van der Waals surface area contributed by atoms with Crippen molar-refractivity contribution in [2.75, 3.05) is 0 Å². The van der Waals surface area contributed by atoms with Crippen LogP contribution >= 0.6 is 11.6 Å². The molecule has 2 unspecified atom stereocenters. The number of hydrogen-bond donors (Lipinski definition) is 0. The van der Waals surface area contributed by atoms with E-state index in [4.69, 9.17) is 11.6 Å². The van der Waals surface area contributed by atoms with Crippen LogP contribution in [0.15, 0.2) is 12.1 Å². The number of aromatic nitrogens is 2. The Morgan fingerprint density at radius 2 is 2.06 bits per heavy atom. The molecule has 4 heteroatoms. The van der Waals surface area contributed by atoms with Crippen LogP contribution in [0.25, 0.3) is 11.0 Å². The van der Waals surface area contributed by atoms with Crippen LogP contribution in [0.5, 0.6) is 0 Å². The van der Waals surface area contributed by atoms with E-state index in [9.17, 15) is 4.39 Å². The molecule has 0 amide bonds. The smallest absolute Gasteiger partial charge is 0.128 e. The van der Waals surface area contributed by atoms with Crippen LogP contribution in [0.3, 0.4) is 0 Å². The van der Waals surface area contributed by atoms with E-state index in [0.29, 0.717) is 17.1 Å². The fourth-order valence-corrected chi connectivity index (χ4v) is 2.32. The van der Waals surface area contributed by atoms with Crippen molar-refractivity contribution in [2.45, 2.75) is 45.5 Å². The minimum absolute atomic E-state index is 0.185. The fourth-order valence-electron chi connectivity index (χ4n) is 2.17. The average Bonchev–Trinajstić information content (AvgIpc) is 2.67. The second-order valence-electron chi connectivity index (χ2n) is 4.80. The molecule has 0 aliphatic carbocycles. The van der Waals surface area contributed by atoms with Gasteiger partial charge in [0, 0.05) is 12.1 Å². The van der Waals surface area contributed by atoms with E-state index in [0.717, 1.165) is 17.8 Å². The molecular weight excluding hydrogens is 251 g/mol. The average molecular weight is 269 g/mol. The molecule has 0 aliphatic rings. The highest BCUT2D eigenvalue weighted by Crippen LogP contribution is 2.30. The van der Waals surface area contributed by atoms with Gasteiger partial charge in [-0.3, -0.25) is 0 Å². The lowest BCUT2D eigenvalue weighted by atomic mass is 10.2. The van der Waals surface area contributed by atoms with Crippen LogP contribution in [0, 0.1) is 12.7 Å². The zero-order valence-corrected chi connectivity index (χ0v) is 11.9. The third-order valence-electron chi connectivity index (χ3n) is 3.38. The first kappa shape index (κ1) is 13.3. The Hall–Kier alpha value is -1.09. The highest BCUT2D eigenvalue weighted by atomic mass is 35.5. The van der Waals surface area contributed by atoms with Gasteiger partial charge in [-0.1, -0.05) is 6.92 Å². The summed E-state index contributed by atoms with van der Waals surface area (Å²) in [6.07, 6.45) is 0.985. The first-order valence-electron chi connectivity index (χ1n) is 6.27. The largest absolute Gasteiger partial charge is 0.324 e. The van der Waals surface area contributed by atoms with E-state index in [1.807, 2.05) is 13.0 Å². The number of alkyl halides is 1. The van der Waals surface area contributed by atoms with Gasteiger partial charge in [-0.2, -0.15) is 0 Å². The zero-order chi connectivity index (χ0) is 13.4. The van der Waals surface area contributed by atoms with Crippen molar-refractivity contribution in [3.8, 4) is 0 Å². The van der Waals surface area contributed by atoms with Gasteiger partial charge in [0.05, 0.1) is 16.4 Å². The molecule has 1 heterocycles. The molecule has 0 saturated carbocycles. The summed E-state index contributed by atoms with van der Waals surface area (Å²) in [6, 6.07) is 3.65. The Bertz CT molecular complexity index is 575. The van der Waals surface area contributed by atoms with Crippen molar-refractivity contribution in [1.29, 1.82) is 0 Å². The molecule has 0 aliphatic heterocycles. The van der Waals surface area contributed by atoms with Crippen molar-refractivity contribution >= 4 is 22.6 Å². The van der Waals surface area contributed by atoms with E-state index >= 15 is 0 Å². The van der Waals surface area contributed by atoms with Crippen LogP contribution in [0.4, 0.5) is 4.39 Å². The lowest BCUT2D eigenvalue weighted by molar-refractivity contribution is 0.522. The predicted molar refractivity (Wildman–Crippen MR) is 73.7 cm³/mol. The van der Waals surface area contributed by atoms with Gasteiger partial charge in [-0.25, -0.2) is 9.37 Å². The Labute approximate surface area is 112 Å². The van der Waals surface area contributed by atoms with Gasteiger partial charge in [0.1, 0.15) is 11.6 Å². The van der Waals surface area contributed by atoms with Crippen molar-refractivity contribution < 1.29 is 4.39 Å². The summed E-state index contributed by atoms with van der Waals surface area (Å²) in [5.74, 6) is 0.594. The van der Waals surface area contributed by atoms with Gasteiger partial charge in [-0.05, 0) is 38.8 Å². The zero-order valence-electron chi connectivity index (χ0n) is 11.2. The molecule has 2 aromatic rings. The van der Waals surface area contributed by atoms with E-state index in [1.54, 1.807) is 6.92 Å². The van der Waals surface area contributed by atoms with E-state index in [-0.39, 0.29) is 11.2 Å². The number of halogens is 2. The van der Waals surface area contributed by atoms with Crippen molar-refractivity contribution in [2.24, 2.45) is 0 Å². The second-order valence-corrected chi connectivity index (χ2v) is 5.46. The summed E-state index contributed by atoms with van der Waals surface area (Å²) in [5, 5.41) is -0.185. The van der Waals surface area contributed by atoms with E-state index in [2.05, 4.69) is 23.4 Å². The third-order valence-corrected chi connectivity index (χ3v) is 3.58. The highest BCUT2D eigenvalue weighted by Gasteiger charge is 2.19. The number of benzene rings is 1. The normalized spacial score (nSPS) is 15.0. The lowest BCUT2D eigenvalue weighted by Crippen LogP contribution is -2.09. The maximum Gasteiger partial charge on any atom is 0.128 e. The molecule has 2 rings (SSSR count). The number of nitrogens with zero attached hydrogens (tertiary/aromatic N) is 2. The molecule has 0 radical (unpaired) electrons. The number of fused-ring (bicyclic) bond motifs is 1. The van der Waals surface area contributed by atoms with Gasteiger partial charge in [0.2, 0.25) is 0 Å². The molecule has 18 heavy (non-hydrogen) atoms. The predicted octanol–water partition coefficient (Wildman–Crippen LogP) is 4.75. The van der Waals surface area contributed by atoms with Crippen LogP contribution < -0.4 is 0 Å². The molecule has 0 fully saturated rings. The first-order valence-corrected chi connectivity index (χ1v) is 6.71. The minimum atomic E-state index is -0.218. The molecular formula is C14H18ClFN2. The van der Waals surface area contributed by atoms with Crippen molar-refractivity contribution in [1.82, 2.24) is 9.55 Å². The molecule has 1 aromatic carbocycles. The summed E-state index contributed by atoms with van der Waals surface area (Å²) in [5.41, 5.74) is 2.28. The number of rotatable bonds is 3. The molecule has 2 atom stereocenters. The van der Waals surface area contributed by atoms with Crippen LogP contribution in [0.2, 0.25) is 0 Å². The Kier molecular flexibility index (Phi) is 3.62. The first-order chi connectivity index (χ1) is 8.45. The molecule has 0 bridgehead atoms. The maximum absolute atomic E-state index is 13.6. The van der Waals surface area contributed by atoms with Gasteiger partial charge in [-0.15, -0.1) is 11.6 Å². The Balaban J connectivity index is 2.77. The van der Waals surface area contributed by atoms with Gasteiger partial charge in [0.15, 0.2) is 0 Å². The molecule has 98 valence electrons. The second kappa shape index (κ2) is 4.88. The van der Waals surface area contributed by atoms with E-state index < -0.39 is 0 Å². The topological polar surface area (TPSA) is 17.8 Å². The quantitative estimate of drug-likeness (QED) is 0.734. The number of hydrogen-bond acceptors (Lipinski definition) is 1. The summed E-state index contributed by atoms with van der Waals surface area (Å²) in [6.45, 7) is 7.91. The van der Waals surface area contributed by atoms with Gasteiger partial charge < -0.3 is 4.57 Å². The maximum atomic E-state index is 13.6. The van der Waals surface area contributed by atoms with Crippen molar-refractivity contribution in [3.63, 3.8) is 0 Å². The molecule has 1 aromatic heterocycles. The van der Waals surface area contributed by atoms with Gasteiger partial charge in [0.25, 0.3) is 0 Å². The minimum Gasteiger partial charge on any atom is -0.324 e. The third kappa shape index (κ3) is 2.12. The standard InChI is InChI=1S/C14H18ClFN2/c1-5-9(3)18-13-6-8(2)11(16)7-12(13)17-14(18)10(4)15/h6-7,9-10H,5H2,1-4H3. The summed E-state index contributed by atoms with van der Waals surface area (Å²) < 4.78 is 15.7. The van der Waals surface area contributed by atoms with Crippen LogP contribution in [0.1, 0.15) is 50.0 Å². The van der Waals surface area contributed by atoms with Crippen molar-refractivity contribution in [3.05, 3.63) is 29.3 Å². The SMILES string of the molecule is CCC(C)n1c(C(C)Cl)nc2cc(F)c(C)cc21. The Morgan fingerprint density at radius 1 is 1.39 bits per heavy atom. The molecule has 0 spiro atoms. The Morgan fingerprint density at radius 3 is 2.61 bits per heavy atom. The monoisotopic (exact) mass is 268 g/mol. The molecule has 2 nitrogen and oxygen atoms in total. The van der Waals surface area contributed by atoms with Crippen LogP contribution in [-0.2, 0) is 0 Å². The van der Waals surface area contributed by atoms with E-state index in [1.165, 1.54) is 6.07 Å². The lowest BCUT2D eigenvalue weighted by Gasteiger charge is -2.17. The fraction of sp³-hybridized carbons (Fsp3) is 0.500. The summed E-state index contributed by atoms with van der Waals surface area (Å²) in [7, 11) is 0. The highest BCUT2D eigenvalue weighted by molar-refractivity contribution is 6.20. The molecule has 0 N–H and O–H groups in total. The van der Waals surface area contributed by atoms with Crippen LogP contribution in [-0.4, -0.2) is 9.55 Å². The number of imidazole rings is 1. The summed E-state index contributed by atoms with van der Waals surface area (Å²) in [4.78, 5) is 4.47. The molecule has 0 saturated heterocycles. The summed E-state index contributed by atoms with van der Waals surface area (Å²) >= 11 is 6.18. The van der Waals surface area contributed by atoms with Gasteiger partial charge >= 0.3 is 0 Å². The number of aryl methyl sites for hydroxylation is 1.